The molecule has 33 heavy (non-hydrogen) atoms. The molecule has 8 atom stereocenters. The van der Waals surface area contributed by atoms with Crippen molar-refractivity contribution in [3.8, 4) is 0 Å². The molecule has 0 aromatic carbocycles. The maximum absolute atomic E-state index is 11.8. The highest BCUT2D eigenvalue weighted by molar-refractivity contribution is 5.66. The van der Waals surface area contributed by atoms with Crippen molar-refractivity contribution in [2.45, 2.75) is 126 Å². The first-order valence-corrected chi connectivity index (χ1v) is 14.3. The lowest BCUT2D eigenvalue weighted by Gasteiger charge is -2.61. The topological polar surface area (TPSA) is 26.3 Å². The number of allylic oxidation sites excluding steroid dienone is 2. The molecule has 4 aliphatic carbocycles. The third-order valence-electron chi connectivity index (χ3n) is 11.4. The Morgan fingerprint density at radius 3 is 2.42 bits per heavy atom. The van der Waals surface area contributed by atoms with Crippen LogP contribution in [0.5, 0.6) is 0 Å². The van der Waals surface area contributed by atoms with Gasteiger partial charge >= 0.3 is 5.97 Å². The molecule has 4 aliphatic rings. The van der Waals surface area contributed by atoms with Crippen molar-refractivity contribution >= 4 is 5.97 Å². The van der Waals surface area contributed by atoms with Crippen LogP contribution in [0.2, 0.25) is 0 Å². The van der Waals surface area contributed by atoms with E-state index in [9.17, 15) is 4.79 Å². The Labute approximate surface area is 204 Å². The minimum absolute atomic E-state index is 0.0500. The molecule has 188 valence electrons. The fraction of sp³-hybridized carbons (Fsp3) is 0.903. The van der Waals surface area contributed by atoms with Gasteiger partial charge in [0.15, 0.2) is 0 Å². The summed E-state index contributed by atoms with van der Waals surface area (Å²) >= 11 is 0. The summed E-state index contributed by atoms with van der Waals surface area (Å²) in [5.74, 6) is 4.76. The summed E-state index contributed by atoms with van der Waals surface area (Å²) in [6.45, 7) is 18.9. The fourth-order valence-corrected chi connectivity index (χ4v) is 9.77. The van der Waals surface area contributed by atoms with Gasteiger partial charge in [0.05, 0.1) is 0 Å². The molecule has 2 nitrogen and oxygen atoms in total. The Kier molecular flexibility index (Phi) is 6.91. The zero-order chi connectivity index (χ0) is 24.2. The Morgan fingerprint density at radius 2 is 1.76 bits per heavy atom. The number of esters is 1. The molecule has 0 bridgehead atoms. The van der Waals surface area contributed by atoms with Crippen LogP contribution < -0.4 is 0 Å². The van der Waals surface area contributed by atoms with Crippen LogP contribution in [0.25, 0.3) is 0 Å². The van der Waals surface area contributed by atoms with Gasteiger partial charge in [-0.25, -0.2) is 0 Å². The predicted molar refractivity (Wildman–Crippen MR) is 138 cm³/mol. The molecule has 0 heterocycles. The molecule has 2 heteroatoms. The van der Waals surface area contributed by atoms with Gasteiger partial charge in [-0.3, -0.25) is 4.79 Å². The van der Waals surface area contributed by atoms with Gasteiger partial charge in [-0.2, -0.15) is 0 Å². The van der Waals surface area contributed by atoms with Crippen molar-refractivity contribution in [2.24, 2.45) is 51.8 Å². The van der Waals surface area contributed by atoms with Crippen LogP contribution in [0.15, 0.2) is 11.6 Å². The Balaban J connectivity index is 1.54. The molecule has 0 aromatic heterocycles. The molecule has 0 N–H and O–H groups in total. The normalized spacial score (nSPS) is 42.7. The summed E-state index contributed by atoms with van der Waals surface area (Å²) in [6, 6.07) is 0. The zero-order valence-electron chi connectivity index (χ0n) is 23.0. The molecular weight excluding hydrogens is 404 g/mol. The van der Waals surface area contributed by atoms with E-state index in [1.807, 2.05) is 5.57 Å². The van der Waals surface area contributed by atoms with Crippen LogP contribution in [-0.4, -0.2) is 12.1 Å². The van der Waals surface area contributed by atoms with Crippen molar-refractivity contribution in [1.29, 1.82) is 0 Å². The minimum Gasteiger partial charge on any atom is -0.462 e. The lowest BCUT2D eigenvalue weighted by Crippen LogP contribution is -2.56. The number of hydrogen-bond donors (Lipinski definition) is 0. The van der Waals surface area contributed by atoms with Crippen molar-refractivity contribution in [1.82, 2.24) is 0 Å². The Hall–Kier alpha value is -0.790. The average Bonchev–Trinajstić information content (AvgIpc) is 3.07. The first-order valence-electron chi connectivity index (χ1n) is 14.3. The maximum Gasteiger partial charge on any atom is 0.302 e. The van der Waals surface area contributed by atoms with Gasteiger partial charge in [0.1, 0.15) is 6.10 Å². The summed E-state index contributed by atoms with van der Waals surface area (Å²) in [7, 11) is 0. The van der Waals surface area contributed by atoms with Crippen LogP contribution in [0.1, 0.15) is 120 Å². The molecule has 4 rings (SSSR count). The van der Waals surface area contributed by atoms with E-state index in [-0.39, 0.29) is 22.9 Å². The number of hydrogen-bond acceptors (Lipinski definition) is 2. The first-order chi connectivity index (χ1) is 15.4. The molecule has 0 amide bonds. The number of carbonyl (C=O) groups excluding carboxylic acids is 1. The van der Waals surface area contributed by atoms with Gasteiger partial charge in [-0.1, -0.05) is 79.4 Å². The van der Waals surface area contributed by atoms with E-state index in [0.717, 1.165) is 36.0 Å². The standard InChI is InChI=1S/C31H52O2/c1-20(2)10-9-11-21(3)24-13-14-25-23-12-15-27-29(5,6)28(33-22(4)32)17-19-31(27,8)26(23)16-18-30(24,25)7/h16,20-21,23-25,27-28H,9-15,17-19H2,1-8H3/t21-,23+,24-,25-,27+,28+,30-,31-/m1/s1. The molecule has 0 saturated heterocycles. The lowest BCUT2D eigenvalue weighted by molar-refractivity contribution is -0.169. The van der Waals surface area contributed by atoms with Gasteiger partial charge in [0.2, 0.25) is 0 Å². The number of carbonyl (C=O) groups is 1. The summed E-state index contributed by atoms with van der Waals surface area (Å²) < 4.78 is 5.85. The zero-order valence-corrected chi connectivity index (χ0v) is 23.0. The van der Waals surface area contributed by atoms with Gasteiger partial charge in [0, 0.05) is 12.3 Å². The highest BCUT2D eigenvalue weighted by Crippen LogP contribution is 2.68. The lowest BCUT2D eigenvalue weighted by atomic mass is 9.44. The second kappa shape index (κ2) is 9.02. The third kappa shape index (κ3) is 4.24. The molecule has 0 unspecified atom stereocenters. The summed E-state index contributed by atoms with van der Waals surface area (Å²) in [4.78, 5) is 11.8. The van der Waals surface area contributed by atoms with E-state index in [1.165, 1.54) is 57.8 Å². The molecule has 3 fully saturated rings. The van der Waals surface area contributed by atoms with Crippen molar-refractivity contribution in [3.63, 3.8) is 0 Å². The second-order valence-corrected chi connectivity index (χ2v) is 14.1. The van der Waals surface area contributed by atoms with Gasteiger partial charge in [0.25, 0.3) is 0 Å². The van der Waals surface area contributed by atoms with E-state index in [2.05, 4.69) is 54.5 Å². The van der Waals surface area contributed by atoms with Gasteiger partial charge < -0.3 is 4.74 Å². The predicted octanol–water partition coefficient (Wildman–Crippen LogP) is 8.60. The van der Waals surface area contributed by atoms with E-state index in [0.29, 0.717) is 11.3 Å². The summed E-state index contributed by atoms with van der Waals surface area (Å²) in [6.07, 6.45) is 16.0. The van der Waals surface area contributed by atoms with Crippen LogP contribution in [0.4, 0.5) is 0 Å². The van der Waals surface area contributed by atoms with E-state index in [1.54, 1.807) is 6.92 Å². The van der Waals surface area contributed by atoms with Crippen LogP contribution in [-0.2, 0) is 9.53 Å². The number of fused-ring (bicyclic) bond motifs is 5. The van der Waals surface area contributed by atoms with Crippen LogP contribution in [0.3, 0.4) is 0 Å². The Morgan fingerprint density at radius 1 is 1.03 bits per heavy atom. The van der Waals surface area contributed by atoms with Crippen LogP contribution >= 0.6 is 0 Å². The smallest absolute Gasteiger partial charge is 0.302 e. The van der Waals surface area contributed by atoms with E-state index >= 15 is 0 Å². The summed E-state index contributed by atoms with van der Waals surface area (Å²) in [5, 5.41) is 0. The fourth-order valence-electron chi connectivity index (χ4n) is 9.77. The van der Waals surface area contributed by atoms with Gasteiger partial charge in [-0.05, 0) is 91.3 Å². The number of ether oxygens (including phenoxy) is 1. The van der Waals surface area contributed by atoms with Crippen molar-refractivity contribution in [3.05, 3.63) is 11.6 Å². The van der Waals surface area contributed by atoms with Gasteiger partial charge in [-0.15, -0.1) is 0 Å². The maximum atomic E-state index is 11.8. The van der Waals surface area contributed by atoms with Crippen molar-refractivity contribution in [2.75, 3.05) is 0 Å². The molecular formula is C31H52O2. The highest BCUT2D eigenvalue weighted by Gasteiger charge is 2.61. The van der Waals surface area contributed by atoms with Crippen LogP contribution in [0, 0.1) is 51.8 Å². The Bertz CT molecular complexity index is 763. The first kappa shape index (κ1) is 25.3. The molecule has 0 spiro atoms. The van der Waals surface area contributed by atoms with E-state index < -0.39 is 0 Å². The highest BCUT2D eigenvalue weighted by atomic mass is 16.5. The molecule has 3 saturated carbocycles. The summed E-state index contributed by atoms with van der Waals surface area (Å²) in [5.41, 5.74) is 2.64. The monoisotopic (exact) mass is 456 g/mol. The largest absolute Gasteiger partial charge is 0.462 e. The molecule has 0 aliphatic heterocycles. The number of rotatable bonds is 6. The molecule has 0 aromatic rings. The second-order valence-electron chi connectivity index (χ2n) is 14.1. The third-order valence-corrected chi connectivity index (χ3v) is 11.4. The molecule has 0 radical (unpaired) electrons. The average molecular weight is 457 g/mol. The SMILES string of the molecule is CC(=O)O[C@H]1CC[C@]2(C)C3=CC[C@]4(C)[C@@H]([C@H](C)CCCC(C)C)CC[C@@H]4[C@@H]3CC[C@H]2C1(C)C. The van der Waals surface area contributed by atoms with E-state index in [4.69, 9.17) is 4.74 Å². The van der Waals surface area contributed by atoms with Crippen molar-refractivity contribution < 1.29 is 9.53 Å². The quantitative estimate of drug-likeness (QED) is 0.295. The minimum atomic E-state index is -0.113.